The minimum atomic E-state index is -0.717. The molecule has 2 N–H and O–H groups in total. The number of fused-ring (bicyclic) bond motifs is 1. The Bertz CT molecular complexity index is 785. The predicted molar refractivity (Wildman–Crippen MR) is 89.4 cm³/mol. The molecule has 0 unspecified atom stereocenters. The Morgan fingerprint density at radius 1 is 1.30 bits per heavy atom. The van der Waals surface area contributed by atoms with Gasteiger partial charge >= 0.3 is 12.0 Å². The zero-order valence-corrected chi connectivity index (χ0v) is 13.7. The van der Waals surface area contributed by atoms with Crippen LogP contribution in [0.2, 0.25) is 5.02 Å². The summed E-state index contributed by atoms with van der Waals surface area (Å²) in [5, 5.41) is 5.66. The number of ether oxygens (including phenoxy) is 1. The lowest BCUT2D eigenvalue weighted by atomic mass is 10.2. The minimum Gasteiger partial charge on any atom is -0.452 e. The average molecular weight is 353 g/mol. The van der Waals surface area contributed by atoms with Crippen LogP contribution in [0.5, 0.6) is 0 Å². The standard InChI is InChI=1S/C15H13ClN2O4S/c1-17-15(21)18-12(19)8-22-13(20)7-6-11-14(16)9-4-2-3-5-10(9)23-11/h2-7H,8H2,1H3,(H2,17,18,19,21)/b7-6+. The van der Waals surface area contributed by atoms with E-state index < -0.39 is 24.5 Å². The number of halogens is 1. The minimum absolute atomic E-state index is 0.545. The highest BCUT2D eigenvalue weighted by Gasteiger charge is 2.10. The molecule has 120 valence electrons. The molecule has 0 spiro atoms. The molecule has 1 heterocycles. The number of imide groups is 1. The third-order valence-electron chi connectivity index (χ3n) is 2.76. The van der Waals surface area contributed by atoms with Crippen molar-refractivity contribution < 1.29 is 19.1 Å². The molecule has 0 radical (unpaired) electrons. The molecule has 0 aliphatic carbocycles. The maximum atomic E-state index is 11.6. The number of hydrogen-bond donors (Lipinski definition) is 2. The van der Waals surface area contributed by atoms with E-state index in [1.165, 1.54) is 30.5 Å². The number of benzene rings is 1. The van der Waals surface area contributed by atoms with Crippen LogP contribution in [0.1, 0.15) is 4.88 Å². The normalized spacial score (nSPS) is 10.7. The van der Waals surface area contributed by atoms with E-state index in [2.05, 4.69) is 5.32 Å². The molecule has 0 fully saturated rings. The highest BCUT2D eigenvalue weighted by atomic mass is 35.5. The van der Waals surface area contributed by atoms with E-state index in [4.69, 9.17) is 16.3 Å². The highest BCUT2D eigenvalue weighted by molar-refractivity contribution is 7.20. The number of amides is 3. The second-order valence-corrected chi connectivity index (χ2v) is 5.81. The average Bonchev–Trinajstić information content (AvgIpc) is 2.87. The fourth-order valence-corrected chi connectivity index (χ4v) is 3.09. The van der Waals surface area contributed by atoms with E-state index in [9.17, 15) is 14.4 Å². The molecule has 0 aliphatic heterocycles. The Hall–Kier alpha value is -2.38. The van der Waals surface area contributed by atoms with Crippen molar-refractivity contribution in [2.24, 2.45) is 0 Å². The van der Waals surface area contributed by atoms with Gasteiger partial charge in [0.15, 0.2) is 6.61 Å². The molecule has 1 aromatic heterocycles. The molecule has 2 aromatic rings. The Labute approximate surface area is 141 Å². The van der Waals surface area contributed by atoms with Crippen molar-refractivity contribution in [3.8, 4) is 0 Å². The summed E-state index contributed by atoms with van der Waals surface area (Å²) >= 11 is 7.68. The number of esters is 1. The first-order valence-electron chi connectivity index (χ1n) is 6.54. The van der Waals surface area contributed by atoms with E-state index in [0.29, 0.717) is 5.02 Å². The molecule has 8 heteroatoms. The Balaban J connectivity index is 1.94. The topological polar surface area (TPSA) is 84.5 Å². The molecule has 0 saturated heterocycles. The first-order valence-corrected chi connectivity index (χ1v) is 7.74. The van der Waals surface area contributed by atoms with E-state index in [1.807, 2.05) is 29.6 Å². The maximum absolute atomic E-state index is 11.6. The van der Waals surface area contributed by atoms with E-state index in [-0.39, 0.29) is 0 Å². The summed E-state index contributed by atoms with van der Waals surface area (Å²) in [6.07, 6.45) is 2.72. The lowest BCUT2D eigenvalue weighted by Gasteiger charge is -2.02. The van der Waals surface area contributed by atoms with Crippen molar-refractivity contribution in [2.75, 3.05) is 13.7 Å². The van der Waals surface area contributed by atoms with Crippen LogP contribution in [0.3, 0.4) is 0 Å². The van der Waals surface area contributed by atoms with Gasteiger partial charge < -0.3 is 10.1 Å². The van der Waals surface area contributed by atoms with E-state index in [0.717, 1.165) is 15.0 Å². The molecular weight excluding hydrogens is 340 g/mol. The number of carbonyl (C=O) groups excluding carboxylic acids is 3. The fourth-order valence-electron chi connectivity index (χ4n) is 1.69. The number of rotatable bonds is 4. The number of thiophene rings is 1. The van der Waals surface area contributed by atoms with Gasteiger partial charge in [0.2, 0.25) is 0 Å². The van der Waals surface area contributed by atoms with Gasteiger partial charge in [-0.3, -0.25) is 10.1 Å². The van der Waals surface area contributed by atoms with Gasteiger partial charge in [-0.2, -0.15) is 0 Å². The van der Waals surface area contributed by atoms with Gasteiger partial charge in [-0.05, 0) is 12.1 Å². The van der Waals surface area contributed by atoms with Crippen LogP contribution in [0.4, 0.5) is 4.79 Å². The Morgan fingerprint density at radius 3 is 2.74 bits per heavy atom. The van der Waals surface area contributed by atoms with Crippen LogP contribution in [-0.4, -0.2) is 31.6 Å². The zero-order chi connectivity index (χ0) is 16.8. The fraction of sp³-hybridized carbons (Fsp3) is 0.133. The van der Waals surface area contributed by atoms with E-state index >= 15 is 0 Å². The Kier molecular flexibility index (Phi) is 5.72. The second kappa shape index (κ2) is 7.75. The first kappa shape index (κ1) is 17.0. The van der Waals surface area contributed by atoms with E-state index in [1.54, 1.807) is 0 Å². The molecule has 3 amide bonds. The van der Waals surface area contributed by atoms with Gasteiger partial charge in [-0.1, -0.05) is 29.8 Å². The number of urea groups is 1. The number of carbonyl (C=O) groups is 3. The lowest BCUT2D eigenvalue weighted by molar-refractivity contribution is -0.143. The molecule has 23 heavy (non-hydrogen) atoms. The van der Waals surface area contributed by atoms with Crippen molar-refractivity contribution in [3.63, 3.8) is 0 Å². The van der Waals surface area contributed by atoms with Crippen LogP contribution in [0.25, 0.3) is 16.2 Å². The third kappa shape index (κ3) is 4.54. The van der Waals surface area contributed by atoms with Crippen molar-refractivity contribution in [1.82, 2.24) is 10.6 Å². The summed E-state index contributed by atoms with van der Waals surface area (Å²) in [7, 11) is 1.37. The largest absolute Gasteiger partial charge is 0.452 e. The van der Waals surface area contributed by atoms with Gasteiger partial charge in [-0.15, -0.1) is 11.3 Å². The molecule has 0 saturated carbocycles. The molecule has 0 bridgehead atoms. The van der Waals surface area contributed by atoms with Gasteiger partial charge in [0.1, 0.15) is 0 Å². The van der Waals surface area contributed by atoms with Crippen molar-refractivity contribution in [1.29, 1.82) is 0 Å². The maximum Gasteiger partial charge on any atom is 0.331 e. The second-order valence-electron chi connectivity index (χ2n) is 4.34. The van der Waals surface area contributed by atoms with Crippen LogP contribution in [-0.2, 0) is 14.3 Å². The summed E-state index contributed by atoms with van der Waals surface area (Å²) in [5.41, 5.74) is 0. The molecule has 2 rings (SSSR count). The van der Waals surface area contributed by atoms with Crippen molar-refractivity contribution in [2.45, 2.75) is 0 Å². The molecular formula is C15H13ClN2O4S. The monoisotopic (exact) mass is 352 g/mol. The smallest absolute Gasteiger partial charge is 0.331 e. The zero-order valence-electron chi connectivity index (χ0n) is 12.1. The third-order valence-corrected chi connectivity index (χ3v) is 4.41. The van der Waals surface area contributed by atoms with Crippen LogP contribution in [0, 0.1) is 0 Å². The van der Waals surface area contributed by atoms with Gasteiger partial charge in [0, 0.05) is 28.1 Å². The van der Waals surface area contributed by atoms with Crippen LogP contribution < -0.4 is 10.6 Å². The summed E-state index contributed by atoms with van der Waals surface area (Å²) in [4.78, 5) is 34.5. The SMILES string of the molecule is CNC(=O)NC(=O)COC(=O)/C=C/c1sc2ccccc2c1Cl. The van der Waals surface area contributed by atoms with Crippen molar-refractivity contribution >= 4 is 57.0 Å². The lowest BCUT2D eigenvalue weighted by Crippen LogP contribution is -2.39. The summed E-state index contributed by atoms with van der Waals surface area (Å²) < 4.78 is 5.74. The summed E-state index contributed by atoms with van der Waals surface area (Å²) in [6.45, 7) is -0.545. The Morgan fingerprint density at radius 2 is 2.04 bits per heavy atom. The summed E-state index contributed by atoms with van der Waals surface area (Å²) in [5.74, 6) is -1.42. The quantitative estimate of drug-likeness (QED) is 0.654. The highest BCUT2D eigenvalue weighted by Crippen LogP contribution is 2.35. The summed E-state index contributed by atoms with van der Waals surface area (Å²) in [6, 6.07) is 6.95. The van der Waals surface area contributed by atoms with Crippen molar-refractivity contribution in [3.05, 3.63) is 40.2 Å². The molecule has 6 nitrogen and oxygen atoms in total. The number of hydrogen-bond acceptors (Lipinski definition) is 5. The molecule has 1 aromatic carbocycles. The van der Waals surface area contributed by atoms with Gasteiger partial charge in [0.05, 0.1) is 5.02 Å². The molecule has 0 aliphatic rings. The van der Waals surface area contributed by atoms with Crippen LogP contribution in [0.15, 0.2) is 30.3 Å². The van der Waals surface area contributed by atoms with Gasteiger partial charge in [0.25, 0.3) is 5.91 Å². The number of nitrogens with one attached hydrogen (secondary N) is 2. The molecule has 0 atom stereocenters. The van der Waals surface area contributed by atoms with Gasteiger partial charge in [-0.25, -0.2) is 9.59 Å². The van der Waals surface area contributed by atoms with Crippen LogP contribution >= 0.6 is 22.9 Å². The predicted octanol–water partition coefficient (Wildman–Crippen LogP) is 2.57. The first-order chi connectivity index (χ1) is 11.0.